The van der Waals surface area contributed by atoms with E-state index in [-0.39, 0.29) is 17.2 Å². The number of sulfonamides is 1. The maximum atomic E-state index is 11.7. The first-order valence-corrected chi connectivity index (χ1v) is 10.6. The summed E-state index contributed by atoms with van der Waals surface area (Å²) >= 11 is 0. The molecule has 5 nitrogen and oxygen atoms in total. The zero-order valence-electron chi connectivity index (χ0n) is 12.0. The van der Waals surface area contributed by atoms with Crippen LogP contribution in [-0.4, -0.2) is 29.1 Å². The van der Waals surface area contributed by atoms with E-state index in [2.05, 4.69) is 4.72 Å². The smallest absolute Gasteiger partial charge is 0.215 e. The van der Waals surface area contributed by atoms with Gasteiger partial charge in [-0.3, -0.25) is 0 Å². The lowest BCUT2D eigenvalue weighted by Gasteiger charge is -2.08. The summed E-state index contributed by atoms with van der Waals surface area (Å²) < 4.78 is 48.1. The molecule has 0 saturated carbocycles. The van der Waals surface area contributed by atoms with E-state index in [1.165, 1.54) is 12.1 Å². The highest BCUT2D eigenvalue weighted by Gasteiger charge is 2.11. The molecule has 0 unspecified atom stereocenters. The molecule has 1 rings (SSSR count). The monoisotopic (exact) mass is 353 g/mol. The molecule has 0 aliphatic rings. The second kappa shape index (κ2) is 7.58. The Morgan fingerprint density at radius 3 is 2.14 bits per heavy atom. The third kappa shape index (κ3) is 7.26. The lowest BCUT2D eigenvalue weighted by Crippen LogP contribution is -2.28. The Morgan fingerprint density at radius 1 is 1.10 bits per heavy atom. The highest BCUT2D eigenvalue weighted by molar-refractivity contribution is 8.13. The first kappa shape index (κ1) is 18.4. The molecule has 0 heterocycles. The third-order valence-corrected chi connectivity index (χ3v) is 5.69. The first-order valence-electron chi connectivity index (χ1n) is 6.61. The Bertz CT molecular complexity index is 652. The molecule has 1 aromatic rings. The minimum atomic E-state index is -3.72. The molecule has 0 amide bonds. The van der Waals surface area contributed by atoms with E-state index in [4.69, 9.17) is 10.7 Å². The van der Waals surface area contributed by atoms with Crippen LogP contribution in [0.1, 0.15) is 25.8 Å². The molecule has 0 spiro atoms. The average Bonchev–Trinajstić information content (AvgIpc) is 2.36. The van der Waals surface area contributed by atoms with Gasteiger partial charge in [0.1, 0.15) is 0 Å². The summed E-state index contributed by atoms with van der Waals surface area (Å²) in [4.78, 5) is 0.0328. The van der Waals surface area contributed by atoms with Crippen LogP contribution in [0.5, 0.6) is 0 Å². The van der Waals surface area contributed by atoms with Crippen LogP contribution >= 0.6 is 10.7 Å². The van der Waals surface area contributed by atoms with Gasteiger partial charge in [0.05, 0.1) is 10.6 Å². The van der Waals surface area contributed by atoms with Crippen molar-refractivity contribution in [1.82, 2.24) is 4.72 Å². The van der Waals surface area contributed by atoms with E-state index in [1.54, 1.807) is 12.1 Å². The van der Waals surface area contributed by atoms with E-state index in [1.807, 2.05) is 13.8 Å². The van der Waals surface area contributed by atoms with Crippen molar-refractivity contribution in [3.05, 3.63) is 29.8 Å². The van der Waals surface area contributed by atoms with Gasteiger partial charge >= 0.3 is 0 Å². The van der Waals surface area contributed by atoms with Gasteiger partial charge in [0, 0.05) is 17.2 Å². The van der Waals surface area contributed by atoms with Gasteiger partial charge in [-0.15, -0.1) is 0 Å². The summed E-state index contributed by atoms with van der Waals surface area (Å²) in [5.74, 6) is 0.459. The maximum absolute atomic E-state index is 11.7. The molecule has 1 N–H and O–H groups in total. The van der Waals surface area contributed by atoms with Crippen LogP contribution < -0.4 is 4.72 Å². The van der Waals surface area contributed by atoms with E-state index in [0.29, 0.717) is 18.8 Å². The molecule has 0 atom stereocenters. The zero-order valence-corrected chi connectivity index (χ0v) is 14.4. The normalized spacial score (nSPS) is 12.8. The molecular formula is C13H20ClNO4S2. The summed E-state index contributed by atoms with van der Waals surface area (Å²) in [6, 6.07) is 6.06. The van der Waals surface area contributed by atoms with Gasteiger partial charge in [0.25, 0.3) is 9.05 Å². The van der Waals surface area contributed by atoms with Gasteiger partial charge in [-0.2, -0.15) is 0 Å². The lowest BCUT2D eigenvalue weighted by atomic mass is 10.2. The van der Waals surface area contributed by atoms with Crippen LogP contribution in [0.2, 0.25) is 0 Å². The quantitative estimate of drug-likeness (QED) is 0.726. The SMILES string of the molecule is CC(C)CCS(=O)(=O)NCCc1ccc(S(=O)(=O)Cl)cc1. The molecule has 0 bridgehead atoms. The number of rotatable bonds is 8. The molecule has 0 fully saturated rings. The zero-order chi connectivity index (χ0) is 16.1. The molecule has 21 heavy (non-hydrogen) atoms. The van der Waals surface area contributed by atoms with Crippen molar-refractivity contribution >= 4 is 29.8 Å². The van der Waals surface area contributed by atoms with Crippen LogP contribution in [0.15, 0.2) is 29.2 Å². The van der Waals surface area contributed by atoms with Gasteiger partial charge in [-0.25, -0.2) is 21.6 Å². The summed E-state index contributed by atoms with van der Waals surface area (Å²) in [5.41, 5.74) is 0.839. The Labute approximate surface area is 131 Å². The fourth-order valence-corrected chi connectivity index (χ4v) is 3.74. The summed E-state index contributed by atoms with van der Waals surface area (Å²) in [5, 5.41) is 0. The predicted molar refractivity (Wildman–Crippen MR) is 84.4 cm³/mol. The number of nitrogens with one attached hydrogen (secondary N) is 1. The van der Waals surface area contributed by atoms with E-state index in [9.17, 15) is 16.8 Å². The average molecular weight is 354 g/mol. The molecule has 8 heteroatoms. The third-order valence-electron chi connectivity index (χ3n) is 2.90. The minimum absolute atomic E-state index is 0.0328. The largest absolute Gasteiger partial charge is 0.261 e. The topological polar surface area (TPSA) is 80.3 Å². The predicted octanol–water partition coefficient (Wildman–Crippen LogP) is 2.12. The van der Waals surface area contributed by atoms with Gasteiger partial charge in [0.2, 0.25) is 10.0 Å². The molecular weight excluding hydrogens is 334 g/mol. The second-order valence-electron chi connectivity index (χ2n) is 5.23. The number of hydrogen-bond donors (Lipinski definition) is 1. The molecule has 0 aliphatic carbocycles. The van der Waals surface area contributed by atoms with Gasteiger partial charge in [-0.05, 0) is 36.5 Å². The molecule has 120 valence electrons. The van der Waals surface area contributed by atoms with Gasteiger partial charge < -0.3 is 0 Å². The molecule has 0 radical (unpaired) electrons. The lowest BCUT2D eigenvalue weighted by molar-refractivity contribution is 0.562. The Hall–Kier alpha value is -0.630. The summed E-state index contributed by atoms with van der Waals surface area (Å²) in [6.45, 7) is 4.23. The Balaban J connectivity index is 2.49. The van der Waals surface area contributed by atoms with Crippen LogP contribution in [-0.2, 0) is 25.5 Å². The Kier molecular flexibility index (Phi) is 6.65. The summed E-state index contributed by atoms with van der Waals surface area (Å²) in [7, 11) is -1.75. The van der Waals surface area contributed by atoms with E-state index >= 15 is 0 Å². The Morgan fingerprint density at radius 2 is 1.67 bits per heavy atom. The first-order chi connectivity index (χ1) is 9.60. The van der Waals surface area contributed by atoms with Crippen LogP contribution in [0.25, 0.3) is 0 Å². The van der Waals surface area contributed by atoms with E-state index < -0.39 is 19.1 Å². The van der Waals surface area contributed by atoms with E-state index in [0.717, 1.165) is 5.56 Å². The molecule has 0 saturated heterocycles. The van der Waals surface area contributed by atoms with Crippen molar-refractivity contribution in [2.75, 3.05) is 12.3 Å². The standard InChI is InChI=1S/C13H20ClNO4S2/c1-11(2)8-10-20(16,17)15-9-7-12-3-5-13(6-4-12)21(14,18)19/h3-6,11,15H,7-10H2,1-2H3. The van der Waals surface area contributed by atoms with Crippen molar-refractivity contribution in [3.8, 4) is 0 Å². The van der Waals surface area contributed by atoms with Crippen LogP contribution in [0.3, 0.4) is 0 Å². The fraction of sp³-hybridized carbons (Fsp3) is 0.538. The second-order valence-corrected chi connectivity index (χ2v) is 9.72. The van der Waals surface area contributed by atoms with Crippen LogP contribution in [0, 0.1) is 5.92 Å². The van der Waals surface area contributed by atoms with Crippen LogP contribution in [0.4, 0.5) is 0 Å². The molecule has 0 aliphatic heterocycles. The number of hydrogen-bond acceptors (Lipinski definition) is 4. The fourth-order valence-electron chi connectivity index (χ4n) is 1.63. The highest BCUT2D eigenvalue weighted by atomic mass is 35.7. The van der Waals surface area contributed by atoms with Crippen molar-refractivity contribution in [3.63, 3.8) is 0 Å². The van der Waals surface area contributed by atoms with Crippen molar-refractivity contribution in [2.45, 2.75) is 31.6 Å². The highest BCUT2D eigenvalue weighted by Crippen LogP contribution is 2.15. The van der Waals surface area contributed by atoms with Crippen molar-refractivity contribution < 1.29 is 16.8 Å². The minimum Gasteiger partial charge on any atom is -0.215 e. The molecule has 1 aromatic carbocycles. The van der Waals surface area contributed by atoms with Crippen molar-refractivity contribution in [1.29, 1.82) is 0 Å². The van der Waals surface area contributed by atoms with Gasteiger partial charge in [0.15, 0.2) is 0 Å². The number of halogens is 1. The maximum Gasteiger partial charge on any atom is 0.261 e. The summed E-state index contributed by atoms with van der Waals surface area (Å²) in [6.07, 6.45) is 1.11. The molecule has 0 aromatic heterocycles. The van der Waals surface area contributed by atoms with Crippen molar-refractivity contribution in [2.24, 2.45) is 5.92 Å². The van der Waals surface area contributed by atoms with Gasteiger partial charge in [-0.1, -0.05) is 26.0 Å². The number of benzene rings is 1.